The van der Waals surface area contributed by atoms with E-state index in [9.17, 15) is 10.4 Å². The zero-order valence-electron chi connectivity index (χ0n) is 15.6. The van der Waals surface area contributed by atoms with Crippen LogP contribution >= 0.6 is 0 Å². The van der Waals surface area contributed by atoms with Crippen molar-refractivity contribution in [3.05, 3.63) is 11.6 Å². The second-order valence-corrected chi connectivity index (χ2v) is 9.74. The predicted octanol–water partition coefficient (Wildman–Crippen LogP) is 5.23. The third-order valence-corrected chi connectivity index (χ3v) is 9.12. The lowest BCUT2D eigenvalue weighted by atomic mass is 9.46. The molecule has 24 heavy (non-hydrogen) atoms. The van der Waals surface area contributed by atoms with Crippen molar-refractivity contribution in [1.82, 2.24) is 0 Å². The first-order valence-electron chi connectivity index (χ1n) is 10.2. The summed E-state index contributed by atoms with van der Waals surface area (Å²) in [5.41, 5.74) is 0.862. The Morgan fingerprint density at radius 1 is 1.17 bits per heavy atom. The molecule has 2 heteroatoms. The summed E-state index contributed by atoms with van der Waals surface area (Å²) in [6.45, 7) is 7.09. The quantitative estimate of drug-likeness (QED) is 0.529. The van der Waals surface area contributed by atoms with Crippen LogP contribution in [0.4, 0.5) is 0 Å². The highest BCUT2D eigenvalue weighted by Gasteiger charge is 2.64. The molecule has 2 nitrogen and oxygen atoms in total. The number of fused-ring (bicyclic) bond motifs is 5. The van der Waals surface area contributed by atoms with Crippen LogP contribution in [-0.4, -0.2) is 10.7 Å². The maximum absolute atomic E-state index is 10.9. The molecule has 0 saturated heterocycles. The van der Waals surface area contributed by atoms with Gasteiger partial charge in [0, 0.05) is 5.41 Å². The Labute approximate surface area is 147 Å². The summed E-state index contributed by atoms with van der Waals surface area (Å²) in [5, 5.41) is 20.5. The van der Waals surface area contributed by atoms with E-state index in [2.05, 4.69) is 32.9 Å². The Kier molecular flexibility index (Phi) is 3.70. The molecule has 132 valence electrons. The lowest BCUT2D eigenvalue weighted by Crippen LogP contribution is -2.54. The molecule has 4 rings (SSSR count). The highest BCUT2D eigenvalue weighted by atomic mass is 16.3. The van der Waals surface area contributed by atoms with E-state index in [1.165, 1.54) is 38.5 Å². The Hall–Kier alpha value is -0.810. The molecule has 3 saturated carbocycles. The minimum Gasteiger partial charge on any atom is -0.375 e. The minimum atomic E-state index is -1.09. The fourth-order valence-electron chi connectivity index (χ4n) is 7.28. The molecule has 0 aliphatic heterocycles. The van der Waals surface area contributed by atoms with Gasteiger partial charge in [-0.05, 0) is 80.5 Å². The topological polar surface area (TPSA) is 44.0 Å². The number of rotatable bonds is 1. The Morgan fingerprint density at radius 3 is 2.62 bits per heavy atom. The second kappa shape index (κ2) is 5.34. The molecule has 0 aromatic rings. The van der Waals surface area contributed by atoms with Crippen LogP contribution in [0.2, 0.25) is 0 Å². The van der Waals surface area contributed by atoms with Crippen LogP contribution in [0, 0.1) is 45.8 Å². The highest BCUT2D eigenvalue weighted by Crippen LogP contribution is 2.67. The maximum Gasteiger partial charge on any atom is 0.156 e. The third-order valence-electron chi connectivity index (χ3n) is 9.12. The van der Waals surface area contributed by atoms with E-state index in [1.54, 1.807) is 5.57 Å². The summed E-state index contributed by atoms with van der Waals surface area (Å²) in [6, 6.07) is 2.29. The highest BCUT2D eigenvalue weighted by molar-refractivity contribution is 5.27. The number of hydrogen-bond acceptors (Lipinski definition) is 2. The molecule has 0 radical (unpaired) electrons. The molecular weight excluding hydrogens is 294 g/mol. The van der Waals surface area contributed by atoms with Crippen molar-refractivity contribution < 1.29 is 5.11 Å². The van der Waals surface area contributed by atoms with E-state index < -0.39 is 5.60 Å². The van der Waals surface area contributed by atoms with E-state index in [0.717, 1.165) is 24.7 Å². The number of nitriles is 1. The molecule has 0 heterocycles. The lowest BCUT2D eigenvalue weighted by Gasteiger charge is -2.58. The van der Waals surface area contributed by atoms with Crippen molar-refractivity contribution in [3.63, 3.8) is 0 Å². The SMILES string of the molecule is CCC1CC[C@@]2(C)C(=CC[C@@H]3[C@H]2CC[C@@]2(C)[C@H]3CCC2(O)C#N)C1. The normalized spacial score (nSPS) is 53.4. The largest absolute Gasteiger partial charge is 0.375 e. The molecule has 0 aromatic heterocycles. The number of allylic oxidation sites excluding steroid dienone is 2. The van der Waals surface area contributed by atoms with Gasteiger partial charge in [-0.25, -0.2) is 0 Å². The van der Waals surface area contributed by atoms with Crippen LogP contribution in [0.3, 0.4) is 0 Å². The molecular formula is C22H33NO. The van der Waals surface area contributed by atoms with Crippen molar-refractivity contribution in [2.75, 3.05) is 0 Å². The molecule has 0 spiro atoms. The van der Waals surface area contributed by atoms with E-state index >= 15 is 0 Å². The molecule has 4 aliphatic rings. The minimum absolute atomic E-state index is 0.189. The smallest absolute Gasteiger partial charge is 0.156 e. The average Bonchev–Trinajstić information content (AvgIpc) is 2.86. The van der Waals surface area contributed by atoms with Crippen LogP contribution < -0.4 is 0 Å². The van der Waals surface area contributed by atoms with Gasteiger partial charge < -0.3 is 5.11 Å². The summed E-state index contributed by atoms with van der Waals surface area (Å²) >= 11 is 0. The second-order valence-electron chi connectivity index (χ2n) is 9.74. The van der Waals surface area contributed by atoms with Crippen LogP contribution in [-0.2, 0) is 0 Å². The van der Waals surface area contributed by atoms with Crippen molar-refractivity contribution in [2.45, 2.75) is 84.2 Å². The van der Waals surface area contributed by atoms with Crippen molar-refractivity contribution in [1.29, 1.82) is 5.26 Å². The van der Waals surface area contributed by atoms with Gasteiger partial charge in [0.1, 0.15) is 0 Å². The van der Waals surface area contributed by atoms with Gasteiger partial charge in [-0.15, -0.1) is 0 Å². The standard InChI is InChI=1S/C22H33NO/c1-4-15-7-10-20(2)16(13-15)5-6-17-18(20)8-11-21(3)19(17)9-12-22(21,24)14-23/h5,15,17-19,24H,4,6-13H2,1-3H3/t15?,17-,18-,19+,20+,21+,22?/m1/s1. The zero-order valence-corrected chi connectivity index (χ0v) is 15.6. The summed E-state index contributed by atoms with van der Waals surface area (Å²) in [4.78, 5) is 0. The Balaban J connectivity index is 1.66. The monoisotopic (exact) mass is 327 g/mol. The Bertz CT molecular complexity index is 604. The van der Waals surface area contributed by atoms with Crippen LogP contribution in [0.5, 0.6) is 0 Å². The molecule has 7 atom stereocenters. The van der Waals surface area contributed by atoms with Gasteiger partial charge in [0.25, 0.3) is 0 Å². The van der Waals surface area contributed by atoms with Gasteiger partial charge in [-0.1, -0.05) is 38.8 Å². The summed E-state index contributed by atoms with van der Waals surface area (Å²) in [5.74, 6) is 2.87. The summed E-state index contributed by atoms with van der Waals surface area (Å²) < 4.78 is 0. The average molecular weight is 328 g/mol. The van der Waals surface area contributed by atoms with E-state index in [1.807, 2.05) is 0 Å². The first-order valence-corrected chi connectivity index (χ1v) is 10.2. The third kappa shape index (κ3) is 1.97. The number of aliphatic hydroxyl groups is 1. The van der Waals surface area contributed by atoms with Gasteiger partial charge in [0.2, 0.25) is 0 Å². The lowest BCUT2D eigenvalue weighted by molar-refractivity contribution is -0.0962. The summed E-state index contributed by atoms with van der Waals surface area (Å²) in [6.07, 6.45) is 13.1. The van der Waals surface area contributed by atoms with Gasteiger partial charge in [-0.3, -0.25) is 0 Å². The van der Waals surface area contributed by atoms with E-state index in [4.69, 9.17) is 0 Å². The van der Waals surface area contributed by atoms with E-state index in [-0.39, 0.29) is 5.41 Å². The molecule has 2 unspecified atom stereocenters. The summed E-state index contributed by atoms with van der Waals surface area (Å²) in [7, 11) is 0. The fourth-order valence-corrected chi connectivity index (χ4v) is 7.28. The maximum atomic E-state index is 10.9. The van der Waals surface area contributed by atoms with Crippen molar-refractivity contribution in [3.8, 4) is 6.07 Å². The van der Waals surface area contributed by atoms with E-state index in [0.29, 0.717) is 23.7 Å². The van der Waals surface area contributed by atoms with Crippen molar-refractivity contribution in [2.24, 2.45) is 34.5 Å². The van der Waals surface area contributed by atoms with Gasteiger partial charge in [-0.2, -0.15) is 5.26 Å². The molecule has 0 amide bonds. The number of hydrogen-bond donors (Lipinski definition) is 1. The predicted molar refractivity (Wildman–Crippen MR) is 96.0 cm³/mol. The molecule has 4 aliphatic carbocycles. The molecule has 3 fully saturated rings. The number of nitrogens with zero attached hydrogens (tertiary/aromatic N) is 1. The van der Waals surface area contributed by atoms with Gasteiger partial charge in [0.15, 0.2) is 5.60 Å². The first kappa shape index (κ1) is 16.6. The van der Waals surface area contributed by atoms with Crippen LogP contribution in [0.25, 0.3) is 0 Å². The van der Waals surface area contributed by atoms with Crippen LogP contribution in [0.1, 0.15) is 78.6 Å². The van der Waals surface area contributed by atoms with Gasteiger partial charge >= 0.3 is 0 Å². The molecule has 0 bridgehead atoms. The van der Waals surface area contributed by atoms with Crippen LogP contribution in [0.15, 0.2) is 11.6 Å². The Morgan fingerprint density at radius 2 is 1.92 bits per heavy atom. The van der Waals surface area contributed by atoms with Crippen molar-refractivity contribution >= 4 is 0 Å². The zero-order chi connectivity index (χ0) is 17.2. The van der Waals surface area contributed by atoms with Gasteiger partial charge in [0.05, 0.1) is 6.07 Å². The molecule has 1 N–H and O–H groups in total. The molecule has 0 aromatic carbocycles. The first-order chi connectivity index (χ1) is 11.4. The fraction of sp³-hybridized carbons (Fsp3) is 0.864.